The largest absolute Gasteiger partial charge is 0.350 e. The van der Waals surface area contributed by atoms with Crippen molar-refractivity contribution in [2.75, 3.05) is 20.6 Å². The molecule has 1 heterocycles. The van der Waals surface area contributed by atoms with E-state index in [2.05, 4.69) is 43.1 Å². The van der Waals surface area contributed by atoms with E-state index >= 15 is 0 Å². The van der Waals surface area contributed by atoms with E-state index in [0.717, 1.165) is 18.5 Å². The molecule has 0 radical (unpaired) electrons. The van der Waals surface area contributed by atoms with Crippen molar-refractivity contribution in [2.45, 2.75) is 39.3 Å². The minimum Gasteiger partial charge on any atom is -0.350 e. The molecule has 0 bridgehead atoms. The number of hydrogen-bond acceptors (Lipinski definition) is 4. The Labute approximate surface area is 127 Å². The number of likely N-dealkylation sites (N-methyl/N-ethyl adjacent to an activating group) is 1. The summed E-state index contributed by atoms with van der Waals surface area (Å²) in [4.78, 5) is 18.5. The van der Waals surface area contributed by atoms with E-state index < -0.39 is 0 Å². The predicted octanol–water partition coefficient (Wildman–Crippen LogP) is 1.64. The van der Waals surface area contributed by atoms with Gasteiger partial charge in [0.05, 0.1) is 5.69 Å². The molecular formula is C16H28N4O. The van der Waals surface area contributed by atoms with Crippen molar-refractivity contribution in [3.8, 4) is 0 Å². The quantitative estimate of drug-likeness (QED) is 0.764. The summed E-state index contributed by atoms with van der Waals surface area (Å²) in [7, 11) is 4.13. The van der Waals surface area contributed by atoms with E-state index in [9.17, 15) is 4.79 Å². The van der Waals surface area contributed by atoms with Crippen molar-refractivity contribution < 1.29 is 4.79 Å². The number of carbonyl (C=O) groups excluding carboxylic acids is 1. The molecule has 0 aliphatic heterocycles. The van der Waals surface area contributed by atoms with Crippen LogP contribution in [-0.4, -0.2) is 42.5 Å². The van der Waals surface area contributed by atoms with Gasteiger partial charge in [-0.1, -0.05) is 26.7 Å². The maximum Gasteiger partial charge on any atom is 0.251 e. The van der Waals surface area contributed by atoms with E-state index in [0.29, 0.717) is 30.6 Å². The zero-order chi connectivity index (χ0) is 15.8. The Morgan fingerprint density at radius 3 is 2.57 bits per heavy atom. The molecule has 1 unspecified atom stereocenters. The fourth-order valence-corrected chi connectivity index (χ4v) is 2.63. The number of aromatic nitrogens is 1. The zero-order valence-corrected chi connectivity index (χ0v) is 13.6. The van der Waals surface area contributed by atoms with E-state index in [1.165, 1.54) is 0 Å². The fourth-order valence-electron chi connectivity index (χ4n) is 2.63. The number of nitrogens with two attached hydrogens (primary N) is 1. The second kappa shape index (κ2) is 8.74. The maximum absolute atomic E-state index is 12.2. The molecule has 5 nitrogen and oxygen atoms in total. The Balaban J connectivity index is 2.68. The SMILES string of the molecule is CCC(CC)C(CNC(=O)c1ccnc(CN)c1)N(C)C. The fraction of sp³-hybridized carbons (Fsp3) is 0.625. The summed E-state index contributed by atoms with van der Waals surface area (Å²) in [6.45, 7) is 5.39. The topological polar surface area (TPSA) is 71.2 Å². The zero-order valence-electron chi connectivity index (χ0n) is 13.6. The Morgan fingerprint density at radius 2 is 2.05 bits per heavy atom. The monoisotopic (exact) mass is 292 g/mol. The lowest BCUT2D eigenvalue weighted by Crippen LogP contribution is -2.44. The van der Waals surface area contributed by atoms with Gasteiger partial charge in [0.15, 0.2) is 0 Å². The van der Waals surface area contributed by atoms with Gasteiger partial charge in [-0.2, -0.15) is 0 Å². The van der Waals surface area contributed by atoms with Gasteiger partial charge < -0.3 is 16.0 Å². The minimum absolute atomic E-state index is 0.0649. The molecule has 0 saturated carbocycles. The van der Waals surface area contributed by atoms with E-state index in [1.807, 2.05) is 0 Å². The first-order valence-electron chi connectivity index (χ1n) is 7.63. The number of rotatable bonds is 8. The molecule has 0 spiro atoms. The van der Waals surface area contributed by atoms with Crippen molar-refractivity contribution in [3.05, 3.63) is 29.6 Å². The Hall–Kier alpha value is -1.46. The second-order valence-electron chi connectivity index (χ2n) is 5.56. The third-order valence-electron chi connectivity index (χ3n) is 4.02. The second-order valence-corrected chi connectivity index (χ2v) is 5.56. The summed E-state index contributed by atoms with van der Waals surface area (Å²) in [6.07, 6.45) is 3.85. The number of pyridine rings is 1. The highest BCUT2D eigenvalue weighted by Gasteiger charge is 2.21. The van der Waals surface area contributed by atoms with E-state index in [1.54, 1.807) is 18.3 Å². The molecule has 1 aromatic heterocycles. The molecule has 5 heteroatoms. The Kier molecular flexibility index (Phi) is 7.32. The van der Waals surface area contributed by atoms with Gasteiger partial charge in [0.25, 0.3) is 5.91 Å². The van der Waals surface area contributed by atoms with Gasteiger partial charge in [-0.15, -0.1) is 0 Å². The summed E-state index contributed by atoms with van der Waals surface area (Å²) in [5.41, 5.74) is 6.90. The van der Waals surface area contributed by atoms with Crippen LogP contribution in [0.25, 0.3) is 0 Å². The molecule has 0 aliphatic carbocycles. The van der Waals surface area contributed by atoms with Gasteiger partial charge in [0.2, 0.25) is 0 Å². The highest BCUT2D eigenvalue weighted by atomic mass is 16.1. The third kappa shape index (κ3) is 5.10. The molecule has 118 valence electrons. The first-order valence-corrected chi connectivity index (χ1v) is 7.63. The number of carbonyl (C=O) groups is 1. The summed E-state index contributed by atoms with van der Waals surface area (Å²) >= 11 is 0. The first kappa shape index (κ1) is 17.6. The Bertz CT molecular complexity index is 444. The maximum atomic E-state index is 12.2. The Morgan fingerprint density at radius 1 is 1.38 bits per heavy atom. The van der Waals surface area contributed by atoms with Crippen LogP contribution in [0.3, 0.4) is 0 Å². The third-order valence-corrected chi connectivity index (χ3v) is 4.02. The number of nitrogens with zero attached hydrogens (tertiary/aromatic N) is 2. The molecule has 0 aliphatic rings. The smallest absolute Gasteiger partial charge is 0.251 e. The van der Waals surface area contributed by atoms with Crippen LogP contribution in [0, 0.1) is 5.92 Å². The van der Waals surface area contributed by atoms with Gasteiger partial charge in [-0.25, -0.2) is 0 Å². The number of hydrogen-bond donors (Lipinski definition) is 2. The molecule has 3 N–H and O–H groups in total. The van der Waals surface area contributed by atoms with Gasteiger partial charge in [0.1, 0.15) is 0 Å². The molecule has 1 aromatic rings. The summed E-state index contributed by atoms with van der Waals surface area (Å²) in [5, 5.41) is 3.03. The minimum atomic E-state index is -0.0649. The lowest BCUT2D eigenvalue weighted by Gasteiger charge is -2.31. The normalized spacial score (nSPS) is 12.7. The lowest BCUT2D eigenvalue weighted by atomic mass is 9.93. The summed E-state index contributed by atoms with van der Waals surface area (Å²) in [5.74, 6) is 0.516. The molecule has 1 atom stereocenters. The highest BCUT2D eigenvalue weighted by molar-refractivity contribution is 5.94. The first-order chi connectivity index (χ1) is 10.0. The highest BCUT2D eigenvalue weighted by Crippen LogP contribution is 2.16. The molecule has 0 fully saturated rings. The van der Waals surface area contributed by atoms with Crippen LogP contribution in [0.2, 0.25) is 0 Å². The summed E-state index contributed by atoms with van der Waals surface area (Å²) < 4.78 is 0. The number of nitrogens with one attached hydrogen (secondary N) is 1. The van der Waals surface area contributed by atoms with Crippen molar-refractivity contribution in [1.82, 2.24) is 15.2 Å². The van der Waals surface area contributed by atoms with E-state index in [-0.39, 0.29) is 5.91 Å². The molecular weight excluding hydrogens is 264 g/mol. The van der Waals surface area contributed by atoms with E-state index in [4.69, 9.17) is 5.73 Å². The van der Waals surface area contributed by atoms with Gasteiger partial charge >= 0.3 is 0 Å². The lowest BCUT2D eigenvalue weighted by molar-refractivity contribution is 0.0928. The van der Waals surface area contributed by atoms with Crippen LogP contribution in [0.15, 0.2) is 18.3 Å². The molecule has 1 amide bonds. The summed E-state index contributed by atoms with van der Waals surface area (Å²) in [6, 6.07) is 3.81. The van der Waals surface area contributed by atoms with Gasteiger partial charge in [-0.3, -0.25) is 9.78 Å². The molecule has 1 rings (SSSR count). The van der Waals surface area contributed by atoms with Crippen molar-refractivity contribution >= 4 is 5.91 Å². The van der Waals surface area contributed by atoms with Crippen molar-refractivity contribution in [1.29, 1.82) is 0 Å². The van der Waals surface area contributed by atoms with Crippen LogP contribution in [0.5, 0.6) is 0 Å². The van der Waals surface area contributed by atoms with Crippen molar-refractivity contribution in [2.24, 2.45) is 11.7 Å². The van der Waals surface area contributed by atoms with Crippen LogP contribution < -0.4 is 11.1 Å². The molecule has 0 aromatic carbocycles. The van der Waals surface area contributed by atoms with Gasteiger partial charge in [-0.05, 0) is 32.1 Å². The predicted molar refractivity (Wildman–Crippen MR) is 86.0 cm³/mol. The standard InChI is InChI=1S/C16H28N4O/c1-5-12(6-2)15(20(3)4)11-19-16(21)13-7-8-18-14(9-13)10-17/h7-9,12,15H,5-6,10-11,17H2,1-4H3,(H,19,21). The van der Waals surface area contributed by atoms with Crippen LogP contribution in [0.4, 0.5) is 0 Å². The van der Waals surface area contributed by atoms with Crippen LogP contribution in [-0.2, 0) is 6.54 Å². The molecule has 21 heavy (non-hydrogen) atoms. The molecule has 0 saturated heterocycles. The van der Waals surface area contributed by atoms with Crippen molar-refractivity contribution in [3.63, 3.8) is 0 Å². The van der Waals surface area contributed by atoms with Crippen LogP contribution in [0.1, 0.15) is 42.7 Å². The van der Waals surface area contributed by atoms with Gasteiger partial charge in [0, 0.05) is 30.9 Å². The number of amides is 1. The average molecular weight is 292 g/mol. The average Bonchev–Trinajstić information content (AvgIpc) is 2.50. The van der Waals surface area contributed by atoms with Crippen LogP contribution >= 0.6 is 0 Å².